The predicted octanol–water partition coefficient (Wildman–Crippen LogP) is 2.10. The number of aryl methyl sites for hydroxylation is 1. The molecule has 1 aromatic carbocycles. The molecule has 0 heterocycles. The van der Waals surface area contributed by atoms with E-state index in [-0.39, 0.29) is 24.3 Å². The minimum atomic E-state index is -2.93. The molecule has 0 radical (unpaired) electrons. The number of alkyl halides is 2. The Hall–Kier alpha value is -1.85. The van der Waals surface area contributed by atoms with Gasteiger partial charge < -0.3 is 14.6 Å². The van der Waals surface area contributed by atoms with Crippen LogP contribution in [0.3, 0.4) is 0 Å². The van der Waals surface area contributed by atoms with Gasteiger partial charge in [-0.2, -0.15) is 8.78 Å². The standard InChI is InChI=1S/C11H12F2O4/c1-16-10(15)5-3-7-2-4-8(6-9(7)14)17-11(12)13/h2,4,6,11,14H,3,5H2,1H3. The molecule has 0 bridgehead atoms. The van der Waals surface area contributed by atoms with Crippen LogP contribution in [0.2, 0.25) is 0 Å². The third-order valence-electron chi connectivity index (χ3n) is 2.11. The molecule has 0 aliphatic heterocycles. The van der Waals surface area contributed by atoms with Crippen LogP contribution < -0.4 is 4.74 Å². The highest BCUT2D eigenvalue weighted by atomic mass is 19.3. The zero-order valence-corrected chi connectivity index (χ0v) is 9.15. The van der Waals surface area contributed by atoms with E-state index in [1.165, 1.54) is 19.2 Å². The highest BCUT2D eigenvalue weighted by Gasteiger charge is 2.09. The summed E-state index contributed by atoms with van der Waals surface area (Å²) in [5.74, 6) is -0.719. The number of hydrogen-bond acceptors (Lipinski definition) is 4. The summed E-state index contributed by atoms with van der Waals surface area (Å²) in [5, 5.41) is 9.51. The lowest BCUT2D eigenvalue weighted by Gasteiger charge is -2.08. The summed E-state index contributed by atoms with van der Waals surface area (Å²) in [6.07, 6.45) is 0.382. The summed E-state index contributed by atoms with van der Waals surface area (Å²) < 4.78 is 32.3. The number of aromatic hydroxyl groups is 1. The molecule has 0 aliphatic carbocycles. The van der Waals surface area contributed by atoms with Crippen molar-refractivity contribution in [2.75, 3.05) is 7.11 Å². The third-order valence-corrected chi connectivity index (χ3v) is 2.11. The lowest BCUT2D eigenvalue weighted by atomic mass is 10.1. The highest BCUT2D eigenvalue weighted by Crippen LogP contribution is 2.25. The van der Waals surface area contributed by atoms with E-state index in [9.17, 15) is 18.7 Å². The summed E-state index contributed by atoms with van der Waals surface area (Å²) in [6, 6.07) is 3.81. The molecule has 0 aromatic heterocycles. The first-order valence-electron chi connectivity index (χ1n) is 4.86. The van der Waals surface area contributed by atoms with Crippen LogP contribution >= 0.6 is 0 Å². The zero-order valence-electron chi connectivity index (χ0n) is 9.15. The molecule has 0 atom stereocenters. The Balaban J connectivity index is 2.66. The first-order valence-corrected chi connectivity index (χ1v) is 4.86. The quantitative estimate of drug-likeness (QED) is 0.808. The smallest absolute Gasteiger partial charge is 0.387 e. The van der Waals surface area contributed by atoms with Gasteiger partial charge in [0.2, 0.25) is 0 Å². The number of methoxy groups -OCH3 is 1. The first kappa shape index (κ1) is 13.2. The monoisotopic (exact) mass is 246 g/mol. The number of carbonyl (C=O) groups is 1. The van der Waals surface area contributed by atoms with Gasteiger partial charge in [-0.25, -0.2) is 0 Å². The van der Waals surface area contributed by atoms with Gasteiger partial charge in [-0.1, -0.05) is 6.07 Å². The molecule has 0 unspecified atom stereocenters. The van der Waals surface area contributed by atoms with Crippen molar-refractivity contribution in [3.63, 3.8) is 0 Å². The fourth-order valence-corrected chi connectivity index (χ4v) is 1.27. The van der Waals surface area contributed by atoms with E-state index in [1.54, 1.807) is 0 Å². The van der Waals surface area contributed by atoms with Crippen molar-refractivity contribution in [1.29, 1.82) is 0 Å². The van der Waals surface area contributed by atoms with Crippen LogP contribution in [0.4, 0.5) is 8.78 Å². The Bertz CT molecular complexity index is 393. The number of halogens is 2. The molecule has 0 saturated carbocycles. The van der Waals surface area contributed by atoms with Crippen LogP contribution in [0.15, 0.2) is 18.2 Å². The van der Waals surface area contributed by atoms with E-state index in [0.717, 1.165) is 6.07 Å². The summed E-state index contributed by atoms with van der Waals surface area (Å²) >= 11 is 0. The molecular formula is C11H12F2O4. The van der Waals surface area contributed by atoms with Crippen molar-refractivity contribution in [2.45, 2.75) is 19.5 Å². The molecule has 0 spiro atoms. The fraction of sp³-hybridized carbons (Fsp3) is 0.364. The Kier molecular flexibility index (Phi) is 4.68. The summed E-state index contributed by atoms with van der Waals surface area (Å²) in [5.41, 5.74) is 0.469. The van der Waals surface area contributed by atoms with Crippen LogP contribution in [0.5, 0.6) is 11.5 Å². The van der Waals surface area contributed by atoms with Gasteiger partial charge >= 0.3 is 12.6 Å². The predicted molar refractivity (Wildman–Crippen MR) is 55.1 cm³/mol. The van der Waals surface area contributed by atoms with Crippen LogP contribution in [-0.2, 0) is 16.0 Å². The largest absolute Gasteiger partial charge is 0.508 e. The number of phenolic OH excluding ortho intramolecular Hbond substituents is 1. The minimum absolute atomic E-state index is 0.110. The number of ether oxygens (including phenoxy) is 2. The maximum Gasteiger partial charge on any atom is 0.387 e. The molecule has 94 valence electrons. The summed E-state index contributed by atoms with van der Waals surface area (Å²) in [4.78, 5) is 10.9. The van der Waals surface area contributed by atoms with Gasteiger partial charge in [0.1, 0.15) is 11.5 Å². The minimum Gasteiger partial charge on any atom is -0.508 e. The van der Waals surface area contributed by atoms with Crippen LogP contribution in [0, 0.1) is 0 Å². The number of rotatable bonds is 5. The molecule has 17 heavy (non-hydrogen) atoms. The molecule has 0 aliphatic rings. The lowest BCUT2D eigenvalue weighted by Crippen LogP contribution is -2.03. The lowest BCUT2D eigenvalue weighted by molar-refractivity contribution is -0.140. The van der Waals surface area contributed by atoms with Gasteiger partial charge in [-0.15, -0.1) is 0 Å². The van der Waals surface area contributed by atoms with E-state index in [0.29, 0.717) is 5.56 Å². The Morgan fingerprint density at radius 3 is 2.71 bits per heavy atom. The zero-order chi connectivity index (χ0) is 12.8. The van der Waals surface area contributed by atoms with Crippen molar-refractivity contribution in [3.05, 3.63) is 23.8 Å². The molecule has 6 heteroatoms. The highest BCUT2D eigenvalue weighted by molar-refractivity contribution is 5.69. The molecule has 1 N–H and O–H groups in total. The molecule has 1 rings (SSSR count). The van der Waals surface area contributed by atoms with Crippen molar-refractivity contribution in [1.82, 2.24) is 0 Å². The Morgan fingerprint density at radius 2 is 2.18 bits per heavy atom. The van der Waals surface area contributed by atoms with E-state index in [2.05, 4.69) is 9.47 Å². The Morgan fingerprint density at radius 1 is 1.47 bits per heavy atom. The van der Waals surface area contributed by atoms with Crippen molar-refractivity contribution < 1.29 is 28.2 Å². The maximum atomic E-state index is 11.9. The van der Waals surface area contributed by atoms with Gasteiger partial charge in [-0.05, 0) is 18.1 Å². The molecule has 0 saturated heterocycles. The second kappa shape index (κ2) is 6.03. The second-order valence-corrected chi connectivity index (χ2v) is 3.25. The fourth-order valence-electron chi connectivity index (χ4n) is 1.27. The van der Waals surface area contributed by atoms with E-state index < -0.39 is 12.6 Å². The number of carbonyl (C=O) groups excluding carboxylic acids is 1. The van der Waals surface area contributed by atoms with Crippen molar-refractivity contribution >= 4 is 5.97 Å². The topological polar surface area (TPSA) is 55.8 Å². The van der Waals surface area contributed by atoms with Crippen LogP contribution in [0.25, 0.3) is 0 Å². The van der Waals surface area contributed by atoms with Crippen molar-refractivity contribution in [2.24, 2.45) is 0 Å². The molecule has 0 amide bonds. The number of hydrogen-bond donors (Lipinski definition) is 1. The van der Waals surface area contributed by atoms with Gasteiger partial charge in [-0.3, -0.25) is 4.79 Å². The van der Waals surface area contributed by atoms with Gasteiger partial charge in [0, 0.05) is 12.5 Å². The third kappa shape index (κ3) is 4.26. The average Bonchev–Trinajstić information content (AvgIpc) is 2.26. The normalized spacial score (nSPS) is 10.4. The average molecular weight is 246 g/mol. The number of phenols is 1. The van der Waals surface area contributed by atoms with Gasteiger partial charge in [0.25, 0.3) is 0 Å². The number of esters is 1. The summed E-state index contributed by atoms with van der Waals surface area (Å²) in [7, 11) is 1.27. The van der Waals surface area contributed by atoms with Crippen LogP contribution in [0.1, 0.15) is 12.0 Å². The molecule has 4 nitrogen and oxygen atoms in total. The maximum absolute atomic E-state index is 11.9. The van der Waals surface area contributed by atoms with E-state index >= 15 is 0 Å². The van der Waals surface area contributed by atoms with Crippen LogP contribution in [-0.4, -0.2) is 24.8 Å². The first-order chi connectivity index (χ1) is 8.02. The van der Waals surface area contributed by atoms with Crippen molar-refractivity contribution in [3.8, 4) is 11.5 Å². The number of benzene rings is 1. The van der Waals surface area contributed by atoms with Gasteiger partial charge in [0.15, 0.2) is 0 Å². The SMILES string of the molecule is COC(=O)CCc1ccc(OC(F)F)cc1O. The van der Waals surface area contributed by atoms with E-state index in [4.69, 9.17) is 0 Å². The van der Waals surface area contributed by atoms with Gasteiger partial charge in [0.05, 0.1) is 7.11 Å². The van der Waals surface area contributed by atoms with E-state index in [1.807, 2.05) is 0 Å². The molecule has 1 aromatic rings. The Labute approximate surface area is 96.8 Å². The second-order valence-electron chi connectivity index (χ2n) is 3.25. The summed E-state index contributed by atoms with van der Waals surface area (Å²) in [6.45, 7) is -2.93. The molecule has 0 fully saturated rings. The molecular weight excluding hydrogens is 234 g/mol.